The van der Waals surface area contributed by atoms with E-state index in [1.54, 1.807) is 60.4 Å². The number of hydrogen-bond acceptors (Lipinski definition) is 8. The van der Waals surface area contributed by atoms with Crippen molar-refractivity contribution in [3.63, 3.8) is 0 Å². The number of H-pyrrole nitrogens is 1. The summed E-state index contributed by atoms with van der Waals surface area (Å²) in [6, 6.07) is 19.6. The summed E-state index contributed by atoms with van der Waals surface area (Å²) < 4.78 is 12.4. The molecule has 0 spiro atoms. The van der Waals surface area contributed by atoms with Crippen LogP contribution in [0.5, 0.6) is 5.75 Å². The molecule has 186 valence electrons. The van der Waals surface area contributed by atoms with Gasteiger partial charge in [-0.3, -0.25) is 19.3 Å². The molecule has 0 saturated carbocycles. The monoisotopic (exact) mass is 514 g/mol. The number of amides is 1. The number of thioether (sulfide) groups is 1. The van der Waals surface area contributed by atoms with Gasteiger partial charge < -0.3 is 14.5 Å². The van der Waals surface area contributed by atoms with Crippen molar-refractivity contribution in [3.8, 4) is 34.4 Å². The first-order chi connectivity index (χ1) is 18.0. The Balaban J connectivity index is 1.42. The number of aromatic nitrogens is 5. The first kappa shape index (κ1) is 24.1. The number of rotatable bonds is 9. The van der Waals surface area contributed by atoms with Crippen molar-refractivity contribution in [1.82, 2.24) is 25.0 Å². The van der Waals surface area contributed by atoms with E-state index in [0.29, 0.717) is 45.1 Å². The Hall–Kier alpha value is -4.64. The molecule has 0 aliphatic carbocycles. The number of nitrogens with one attached hydrogen (secondary N) is 2. The summed E-state index contributed by atoms with van der Waals surface area (Å²) >= 11 is 1.24. The minimum absolute atomic E-state index is 0.0317. The fourth-order valence-electron chi connectivity index (χ4n) is 3.60. The predicted molar refractivity (Wildman–Crippen MR) is 139 cm³/mol. The number of Topliss-reactive ketones (excluding diaryl/α,β-unsaturated/α-hetero) is 1. The number of methoxy groups -OCH3 is 1. The number of nitrogens with zero attached hydrogens (tertiary/aromatic N) is 4. The van der Waals surface area contributed by atoms with Crippen molar-refractivity contribution in [2.45, 2.75) is 12.1 Å². The van der Waals surface area contributed by atoms with E-state index in [2.05, 4.69) is 25.7 Å². The Bertz CT molecular complexity index is 1520. The van der Waals surface area contributed by atoms with Crippen LogP contribution in [0.2, 0.25) is 0 Å². The molecule has 2 N–H and O–H groups in total. The third-order valence-corrected chi connectivity index (χ3v) is 6.39. The molecule has 10 nitrogen and oxygen atoms in total. The average molecular weight is 515 g/mol. The van der Waals surface area contributed by atoms with Crippen molar-refractivity contribution in [2.75, 3.05) is 18.2 Å². The van der Waals surface area contributed by atoms with Gasteiger partial charge in [-0.25, -0.2) is 0 Å². The molecule has 11 heteroatoms. The van der Waals surface area contributed by atoms with E-state index in [4.69, 9.17) is 9.15 Å². The summed E-state index contributed by atoms with van der Waals surface area (Å²) in [5.41, 5.74) is 3.21. The Morgan fingerprint density at radius 3 is 2.54 bits per heavy atom. The Kier molecular flexibility index (Phi) is 6.86. The first-order valence-corrected chi connectivity index (χ1v) is 12.2. The van der Waals surface area contributed by atoms with E-state index < -0.39 is 0 Å². The minimum Gasteiger partial charge on any atom is -0.497 e. The predicted octanol–water partition coefficient (Wildman–Crippen LogP) is 4.86. The Morgan fingerprint density at radius 2 is 1.86 bits per heavy atom. The van der Waals surface area contributed by atoms with Gasteiger partial charge in [0, 0.05) is 16.9 Å². The van der Waals surface area contributed by atoms with Crippen molar-refractivity contribution in [1.29, 1.82) is 0 Å². The fraction of sp³-hybridized carbons (Fsp3) is 0.115. The fourth-order valence-corrected chi connectivity index (χ4v) is 4.36. The quantitative estimate of drug-likeness (QED) is 0.211. The molecule has 5 rings (SSSR count). The number of hydrogen-bond donors (Lipinski definition) is 2. The van der Waals surface area contributed by atoms with Crippen LogP contribution >= 0.6 is 11.8 Å². The maximum atomic E-state index is 12.6. The number of ketones is 1. The molecule has 0 fully saturated rings. The number of aromatic amines is 1. The van der Waals surface area contributed by atoms with Crippen molar-refractivity contribution in [3.05, 3.63) is 78.6 Å². The van der Waals surface area contributed by atoms with Crippen molar-refractivity contribution >= 4 is 29.1 Å². The number of benzene rings is 2. The molecule has 0 saturated heterocycles. The molecule has 0 aliphatic heterocycles. The van der Waals surface area contributed by atoms with E-state index in [1.807, 2.05) is 24.3 Å². The second-order valence-electron chi connectivity index (χ2n) is 7.95. The van der Waals surface area contributed by atoms with Crippen LogP contribution in [0.25, 0.3) is 28.7 Å². The van der Waals surface area contributed by atoms with Gasteiger partial charge in [0.15, 0.2) is 22.5 Å². The number of furan rings is 1. The lowest BCUT2D eigenvalue weighted by Gasteiger charge is -2.10. The normalized spacial score (nSPS) is 10.9. The van der Waals surface area contributed by atoms with Gasteiger partial charge in [-0.15, -0.1) is 10.2 Å². The molecule has 0 aliphatic rings. The van der Waals surface area contributed by atoms with Crippen molar-refractivity contribution in [2.24, 2.45) is 0 Å². The van der Waals surface area contributed by atoms with E-state index in [9.17, 15) is 9.59 Å². The van der Waals surface area contributed by atoms with Gasteiger partial charge in [-0.2, -0.15) is 5.10 Å². The molecule has 1 amide bonds. The van der Waals surface area contributed by atoms with Crippen LogP contribution in [-0.2, 0) is 4.79 Å². The van der Waals surface area contributed by atoms with Gasteiger partial charge in [0.05, 0.1) is 19.1 Å². The van der Waals surface area contributed by atoms with Crippen molar-refractivity contribution < 1.29 is 18.7 Å². The van der Waals surface area contributed by atoms with Crippen LogP contribution in [0.15, 0.2) is 82.6 Å². The summed E-state index contributed by atoms with van der Waals surface area (Å²) in [5.74, 6) is 1.70. The maximum Gasteiger partial charge on any atom is 0.234 e. The van der Waals surface area contributed by atoms with Gasteiger partial charge in [0.2, 0.25) is 5.91 Å². The van der Waals surface area contributed by atoms with E-state index in [0.717, 1.165) is 5.69 Å². The van der Waals surface area contributed by atoms with Gasteiger partial charge in [0.1, 0.15) is 17.1 Å². The molecule has 0 radical (unpaired) electrons. The molecule has 0 atom stereocenters. The van der Waals surface area contributed by atoms with Crippen LogP contribution in [0, 0.1) is 0 Å². The number of anilines is 1. The SMILES string of the molecule is COc1ccc(NC(=O)CSc2nnc(-c3cc(-c4ccco4)[nH]n3)n2-c2ccc(C(C)=O)cc2)cc1. The first-order valence-electron chi connectivity index (χ1n) is 11.2. The second kappa shape index (κ2) is 10.5. The molecule has 0 unspecified atom stereocenters. The molecule has 37 heavy (non-hydrogen) atoms. The molecular weight excluding hydrogens is 492 g/mol. The van der Waals surface area contributed by atoms with Gasteiger partial charge >= 0.3 is 0 Å². The van der Waals surface area contributed by atoms with Crippen LogP contribution in [0.1, 0.15) is 17.3 Å². The highest BCUT2D eigenvalue weighted by atomic mass is 32.2. The zero-order valence-corrected chi connectivity index (χ0v) is 20.8. The van der Waals surface area contributed by atoms with E-state index in [-0.39, 0.29) is 17.4 Å². The standard InChI is InChI=1S/C26H22N6O4S/c1-16(33)17-5-9-19(10-6-17)32-25(22-14-21(28-29-22)23-4-3-13-36-23)30-31-26(32)37-15-24(34)27-18-7-11-20(35-2)12-8-18/h3-14H,15H2,1-2H3,(H,27,34)(H,28,29). The summed E-state index contributed by atoms with van der Waals surface area (Å²) in [6.07, 6.45) is 1.58. The minimum atomic E-state index is -0.196. The lowest BCUT2D eigenvalue weighted by Crippen LogP contribution is -2.14. The van der Waals surface area contributed by atoms with Crippen LogP contribution in [0.3, 0.4) is 0 Å². The van der Waals surface area contributed by atoms with E-state index >= 15 is 0 Å². The van der Waals surface area contributed by atoms with Gasteiger partial charge in [-0.05, 0) is 73.7 Å². The van der Waals surface area contributed by atoms with E-state index in [1.165, 1.54) is 18.7 Å². The van der Waals surface area contributed by atoms with Gasteiger partial charge in [-0.1, -0.05) is 11.8 Å². The van der Waals surface area contributed by atoms with Crippen LogP contribution in [0.4, 0.5) is 5.69 Å². The lowest BCUT2D eigenvalue weighted by atomic mass is 10.1. The Morgan fingerprint density at radius 1 is 1.08 bits per heavy atom. The molecule has 0 bridgehead atoms. The molecular formula is C26H22N6O4S. The largest absolute Gasteiger partial charge is 0.497 e. The summed E-state index contributed by atoms with van der Waals surface area (Å²) in [4.78, 5) is 24.4. The number of carbonyl (C=O) groups is 2. The average Bonchev–Trinajstić information content (AvgIpc) is 3.68. The lowest BCUT2D eigenvalue weighted by molar-refractivity contribution is -0.113. The van der Waals surface area contributed by atoms with Crippen LogP contribution < -0.4 is 10.1 Å². The summed E-state index contributed by atoms with van der Waals surface area (Å²) in [6.45, 7) is 1.52. The third kappa shape index (κ3) is 5.31. The van der Waals surface area contributed by atoms with Crippen LogP contribution in [-0.4, -0.2) is 49.5 Å². The topological polar surface area (TPSA) is 128 Å². The number of ether oxygens (including phenoxy) is 1. The highest BCUT2D eigenvalue weighted by Crippen LogP contribution is 2.29. The molecule has 2 aromatic carbocycles. The third-order valence-electron chi connectivity index (χ3n) is 5.47. The molecule has 3 heterocycles. The van der Waals surface area contributed by atoms with Gasteiger partial charge in [0.25, 0.3) is 0 Å². The zero-order valence-electron chi connectivity index (χ0n) is 20.0. The highest BCUT2D eigenvalue weighted by Gasteiger charge is 2.20. The Labute approximate surface area is 216 Å². The second-order valence-corrected chi connectivity index (χ2v) is 8.90. The summed E-state index contributed by atoms with van der Waals surface area (Å²) in [5, 5.41) is 19.4. The smallest absolute Gasteiger partial charge is 0.234 e. The highest BCUT2D eigenvalue weighted by molar-refractivity contribution is 7.99. The molecule has 3 aromatic heterocycles. The molecule has 5 aromatic rings. The number of carbonyl (C=O) groups excluding carboxylic acids is 2. The summed E-state index contributed by atoms with van der Waals surface area (Å²) in [7, 11) is 1.59. The maximum absolute atomic E-state index is 12.6. The zero-order chi connectivity index (χ0) is 25.8.